The molecule has 2 aliphatic rings. The number of rotatable bonds is 1. The highest BCUT2D eigenvalue weighted by Crippen LogP contribution is 2.42. The van der Waals surface area contributed by atoms with Gasteiger partial charge in [0.05, 0.1) is 12.2 Å². The van der Waals surface area contributed by atoms with Gasteiger partial charge in [0.2, 0.25) is 0 Å². The van der Waals surface area contributed by atoms with Crippen molar-refractivity contribution >= 4 is 33.4 Å². The Morgan fingerprint density at radius 3 is 2.89 bits per heavy atom. The fourth-order valence-electron chi connectivity index (χ4n) is 2.86. The Hall–Kier alpha value is -1.74. The van der Waals surface area contributed by atoms with Crippen molar-refractivity contribution in [1.29, 1.82) is 0 Å². The van der Waals surface area contributed by atoms with E-state index in [1.165, 1.54) is 32.1 Å². The van der Waals surface area contributed by atoms with Gasteiger partial charge in [0.15, 0.2) is 5.17 Å². The molecule has 2 aromatic rings. The third kappa shape index (κ3) is 1.61. The molecule has 2 nitrogen and oxygen atoms in total. The van der Waals surface area contributed by atoms with Crippen molar-refractivity contribution < 1.29 is 0 Å². The Morgan fingerprint density at radius 1 is 1.11 bits per heavy atom. The molecule has 2 aromatic carbocycles. The summed E-state index contributed by atoms with van der Waals surface area (Å²) in [4.78, 5) is 8.29. The van der Waals surface area contributed by atoms with Crippen molar-refractivity contribution in [1.82, 2.24) is 4.90 Å². The van der Waals surface area contributed by atoms with Crippen molar-refractivity contribution in [3.05, 3.63) is 52.9 Å². The van der Waals surface area contributed by atoms with E-state index in [9.17, 15) is 0 Å². The molecule has 19 heavy (non-hydrogen) atoms. The van der Waals surface area contributed by atoms with Crippen LogP contribution in [0.3, 0.4) is 0 Å². The maximum atomic E-state index is 4.57. The molecule has 2 heterocycles. The van der Waals surface area contributed by atoms with E-state index in [1.54, 1.807) is 11.8 Å². The highest BCUT2D eigenvalue weighted by molar-refractivity contribution is 8.17. The van der Waals surface area contributed by atoms with E-state index in [2.05, 4.69) is 59.3 Å². The van der Waals surface area contributed by atoms with Gasteiger partial charge in [-0.25, -0.2) is 0 Å². The Morgan fingerprint density at radius 2 is 1.95 bits per heavy atom. The molecule has 0 N–H and O–H groups in total. The van der Waals surface area contributed by atoms with Gasteiger partial charge in [0.25, 0.3) is 0 Å². The third-order valence-electron chi connectivity index (χ3n) is 3.69. The molecule has 0 amide bonds. The quantitative estimate of drug-likeness (QED) is 0.776. The van der Waals surface area contributed by atoms with E-state index in [0.29, 0.717) is 0 Å². The lowest BCUT2D eigenvalue weighted by Crippen LogP contribution is -2.20. The number of hydrogen-bond acceptors (Lipinski definition) is 3. The second-order valence-corrected chi connectivity index (χ2v) is 6.03. The summed E-state index contributed by atoms with van der Waals surface area (Å²) >= 11 is 1.80. The fraction of sp³-hybridized carbons (Fsp3) is 0.188. The van der Waals surface area contributed by atoms with E-state index in [4.69, 9.17) is 0 Å². The van der Waals surface area contributed by atoms with Crippen molar-refractivity contribution in [3.8, 4) is 0 Å². The molecule has 0 aliphatic carbocycles. The van der Waals surface area contributed by atoms with Crippen molar-refractivity contribution in [2.45, 2.75) is 6.92 Å². The van der Waals surface area contributed by atoms with Crippen LogP contribution < -0.4 is 0 Å². The molecule has 2 aliphatic heterocycles. The smallest absolute Gasteiger partial charge is 0.168 e. The number of aliphatic imine (C=N–C) groups is 1. The summed E-state index contributed by atoms with van der Waals surface area (Å²) in [5.41, 5.74) is 2.67. The van der Waals surface area contributed by atoms with Gasteiger partial charge >= 0.3 is 0 Å². The third-order valence-corrected chi connectivity index (χ3v) is 4.73. The summed E-state index contributed by atoms with van der Waals surface area (Å²) in [6.07, 6.45) is 0. The highest BCUT2D eigenvalue weighted by Gasteiger charge is 2.31. The zero-order chi connectivity index (χ0) is 12.8. The predicted octanol–water partition coefficient (Wildman–Crippen LogP) is 3.95. The van der Waals surface area contributed by atoms with Crippen LogP contribution in [0.5, 0.6) is 0 Å². The van der Waals surface area contributed by atoms with E-state index >= 15 is 0 Å². The lowest BCUT2D eigenvalue weighted by Gasteiger charge is -2.18. The molecule has 3 heteroatoms. The Bertz CT molecular complexity index is 725. The molecule has 0 atom stereocenters. The van der Waals surface area contributed by atoms with Crippen LogP contribution in [0.2, 0.25) is 0 Å². The first-order valence-corrected chi connectivity index (χ1v) is 7.35. The lowest BCUT2D eigenvalue weighted by molar-refractivity contribution is 0.648. The Kier molecular flexibility index (Phi) is 2.42. The van der Waals surface area contributed by atoms with Crippen LogP contribution >= 0.6 is 11.8 Å². The lowest BCUT2D eigenvalue weighted by atomic mass is 10.0. The van der Waals surface area contributed by atoms with Crippen molar-refractivity contribution in [2.75, 3.05) is 13.1 Å². The maximum absolute atomic E-state index is 4.57. The molecule has 0 unspecified atom stereocenters. The highest BCUT2D eigenvalue weighted by atomic mass is 32.2. The molecule has 0 saturated carbocycles. The van der Waals surface area contributed by atoms with E-state index in [1.807, 2.05) is 0 Å². The molecule has 0 aromatic heterocycles. The monoisotopic (exact) mass is 266 g/mol. The van der Waals surface area contributed by atoms with Crippen LogP contribution in [-0.2, 0) is 0 Å². The van der Waals surface area contributed by atoms with Crippen LogP contribution in [0.25, 0.3) is 16.5 Å². The number of thioether (sulfide) groups is 1. The molecule has 0 spiro atoms. The average Bonchev–Trinajstić information content (AvgIpc) is 2.98. The summed E-state index contributed by atoms with van der Waals surface area (Å²) in [6, 6.07) is 15.1. The molecule has 0 fully saturated rings. The van der Waals surface area contributed by atoms with Crippen LogP contribution in [0.15, 0.2) is 52.4 Å². The summed E-state index contributed by atoms with van der Waals surface area (Å²) in [7, 11) is 0. The minimum atomic E-state index is 0.921. The number of nitrogens with zero attached hydrogens (tertiary/aromatic N) is 2. The first-order chi connectivity index (χ1) is 9.34. The van der Waals surface area contributed by atoms with Crippen LogP contribution in [0.4, 0.5) is 0 Å². The van der Waals surface area contributed by atoms with E-state index < -0.39 is 0 Å². The summed E-state index contributed by atoms with van der Waals surface area (Å²) in [5, 5.41) is 3.79. The fourth-order valence-corrected chi connectivity index (χ4v) is 3.90. The number of allylic oxidation sites excluding steroid dienone is 1. The van der Waals surface area contributed by atoms with Crippen LogP contribution in [0, 0.1) is 0 Å². The number of fused-ring (bicyclic) bond motifs is 2. The standard InChI is InChI=1S/C16H14N2S/c1-11-15(18-10-9-17-16(18)19-11)14-8-4-6-12-5-2-3-7-13(12)14/h2-8H,9-10H2,1H3. The topological polar surface area (TPSA) is 15.6 Å². The molecule has 0 saturated heterocycles. The zero-order valence-electron chi connectivity index (χ0n) is 10.8. The van der Waals surface area contributed by atoms with Crippen molar-refractivity contribution in [2.24, 2.45) is 4.99 Å². The maximum Gasteiger partial charge on any atom is 0.168 e. The number of hydrogen-bond donors (Lipinski definition) is 0. The molecule has 0 radical (unpaired) electrons. The van der Waals surface area contributed by atoms with Crippen LogP contribution in [-0.4, -0.2) is 23.2 Å². The van der Waals surface area contributed by atoms with E-state index in [-0.39, 0.29) is 0 Å². The minimum absolute atomic E-state index is 0.921. The average molecular weight is 266 g/mol. The van der Waals surface area contributed by atoms with Crippen molar-refractivity contribution in [3.63, 3.8) is 0 Å². The van der Waals surface area contributed by atoms with Gasteiger partial charge in [-0.1, -0.05) is 54.2 Å². The van der Waals surface area contributed by atoms with Gasteiger partial charge in [-0.2, -0.15) is 0 Å². The SMILES string of the molecule is CC1=C(c2cccc3ccccc23)N2CCN=C2S1. The number of benzene rings is 2. The molecular weight excluding hydrogens is 252 g/mol. The normalized spacial score (nSPS) is 18.2. The number of amidine groups is 1. The molecular formula is C16H14N2S. The molecule has 94 valence electrons. The van der Waals surface area contributed by atoms with Gasteiger partial charge in [0.1, 0.15) is 0 Å². The second kappa shape index (κ2) is 4.14. The Balaban J connectivity index is 1.96. The largest absolute Gasteiger partial charge is 0.318 e. The van der Waals surface area contributed by atoms with Gasteiger partial charge in [-0.3, -0.25) is 4.99 Å². The summed E-state index contributed by atoms with van der Waals surface area (Å²) in [5.74, 6) is 0. The van der Waals surface area contributed by atoms with Crippen LogP contribution in [0.1, 0.15) is 12.5 Å². The Labute approximate surface area is 116 Å². The van der Waals surface area contributed by atoms with Gasteiger partial charge < -0.3 is 4.90 Å². The first kappa shape index (κ1) is 11.1. The molecule has 4 rings (SSSR count). The predicted molar refractivity (Wildman–Crippen MR) is 83.1 cm³/mol. The summed E-state index contributed by atoms with van der Waals surface area (Å²) < 4.78 is 0. The zero-order valence-corrected chi connectivity index (χ0v) is 11.6. The van der Waals surface area contributed by atoms with Gasteiger partial charge in [-0.05, 0) is 17.7 Å². The second-order valence-electron chi connectivity index (χ2n) is 4.85. The molecule has 0 bridgehead atoms. The first-order valence-electron chi connectivity index (χ1n) is 6.53. The summed E-state index contributed by atoms with van der Waals surface area (Å²) in [6.45, 7) is 4.13. The minimum Gasteiger partial charge on any atom is -0.318 e. The van der Waals surface area contributed by atoms with Gasteiger partial charge in [0, 0.05) is 17.0 Å². The van der Waals surface area contributed by atoms with Gasteiger partial charge in [-0.15, -0.1) is 0 Å². The van der Waals surface area contributed by atoms with E-state index in [0.717, 1.165) is 13.1 Å².